The lowest BCUT2D eigenvalue weighted by molar-refractivity contribution is -0.334. The smallest absolute Gasteiger partial charge is 0.460 e. The predicted molar refractivity (Wildman–Crippen MR) is 63.4 cm³/mol. The largest absolute Gasteiger partial charge is 0.478 e. The molecule has 8 heteroatoms. The van der Waals surface area contributed by atoms with Gasteiger partial charge in [-0.15, -0.1) is 0 Å². The van der Waals surface area contributed by atoms with Crippen molar-refractivity contribution in [2.45, 2.75) is 12.0 Å². The minimum absolute atomic E-state index is 0.165. The van der Waals surface area contributed by atoms with Gasteiger partial charge < -0.3 is 14.6 Å². The molecular formula is C13H10F4O4. The molecule has 0 radical (unpaired) electrons. The van der Waals surface area contributed by atoms with Crippen molar-refractivity contribution < 1.29 is 36.9 Å². The van der Waals surface area contributed by atoms with E-state index in [0.29, 0.717) is 0 Å². The maximum absolute atomic E-state index is 13.3. The second-order valence-corrected chi connectivity index (χ2v) is 4.15. The number of halogens is 4. The lowest BCUT2D eigenvalue weighted by Gasteiger charge is -2.38. The number of hydrogen-bond acceptors (Lipinski definition) is 3. The number of carboxylic acid groups (broad SMARTS) is 1. The van der Waals surface area contributed by atoms with E-state index in [2.05, 4.69) is 4.74 Å². The third-order valence-electron chi connectivity index (χ3n) is 2.81. The molecule has 0 spiro atoms. The molecule has 0 aromatic heterocycles. The minimum Gasteiger partial charge on any atom is -0.478 e. The van der Waals surface area contributed by atoms with Gasteiger partial charge in [-0.3, -0.25) is 0 Å². The molecular weight excluding hydrogens is 296 g/mol. The van der Waals surface area contributed by atoms with Crippen LogP contribution in [0.4, 0.5) is 17.6 Å². The Morgan fingerprint density at radius 2 is 2.00 bits per heavy atom. The van der Waals surface area contributed by atoms with Gasteiger partial charge in [0.25, 0.3) is 0 Å². The minimum atomic E-state index is -5.19. The molecule has 1 aliphatic rings. The van der Waals surface area contributed by atoms with Gasteiger partial charge in [0.1, 0.15) is 18.0 Å². The van der Waals surface area contributed by atoms with E-state index in [1.807, 2.05) is 0 Å². The van der Waals surface area contributed by atoms with E-state index in [0.717, 1.165) is 6.08 Å². The summed E-state index contributed by atoms with van der Waals surface area (Å²) < 4.78 is 61.5. The zero-order valence-electron chi connectivity index (χ0n) is 10.5. The van der Waals surface area contributed by atoms with Crippen molar-refractivity contribution in [2.75, 3.05) is 13.3 Å². The number of aliphatic carboxylic acids is 1. The van der Waals surface area contributed by atoms with Gasteiger partial charge in [0.05, 0.1) is 6.61 Å². The predicted octanol–water partition coefficient (Wildman–Crippen LogP) is 2.79. The molecule has 21 heavy (non-hydrogen) atoms. The maximum atomic E-state index is 13.3. The number of fused-ring (bicyclic) bond motifs is 1. The topological polar surface area (TPSA) is 55.8 Å². The molecule has 1 aromatic rings. The highest BCUT2D eigenvalue weighted by molar-refractivity contribution is 5.95. The van der Waals surface area contributed by atoms with E-state index >= 15 is 0 Å². The fraction of sp³-hybridized carbons (Fsp3) is 0.308. The lowest BCUT2D eigenvalue weighted by atomic mass is 9.98. The second-order valence-electron chi connectivity index (χ2n) is 4.15. The highest BCUT2D eigenvalue weighted by Crippen LogP contribution is 2.46. The Bertz CT molecular complexity index is 582. The summed E-state index contributed by atoms with van der Waals surface area (Å²) in [6.07, 6.45) is -4.38. The number of benzene rings is 1. The van der Waals surface area contributed by atoms with Gasteiger partial charge in [-0.1, -0.05) is 18.2 Å². The molecule has 0 saturated carbocycles. The molecule has 0 aliphatic carbocycles. The molecule has 4 nitrogen and oxygen atoms in total. The average molecular weight is 306 g/mol. The highest BCUT2D eigenvalue weighted by atomic mass is 19.4. The average Bonchev–Trinajstić information content (AvgIpc) is 2.42. The quantitative estimate of drug-likeness (QED) is 0.869. The summed E-state index contributed by atoms with van der Waals surface area (Å²) in [5.74, 6) is -5.58. The molecule has 1 atom stereocenters. The monoisotopic (exact) mass is 306 g/mol. The Hall–Kier alpha value is -2.09. The third kappa shape index (κ3) is 2.58. The summed E-state index contributed by atoms with van der Waals surface area (Å²) >= 11 is 0. The molecule has 1 aromatic carbocycles. The van der Waals surface area contributed by atoms with Crippen molar-refractivity contribution in [1.29, 1.82) is 0 Å². The summed E-state index contributed by atoms with van der Waals surface area (Å²) in [6.45, 7) is -2.16. The Labute approximate surface area is 116 Å². The summed E-state index contributed by atoms with van der Waals surface area (Å²) in [5, 5.41) is 9.04. The van der Waals surface area contributed by atoms with Crippen molar-refractivity contribution in [3.05, 3.63) is 35.4 Å². The van der Waals surface area contributed by atoms with E-state index < -0.39 is 36.8 Å². The number of ether oxygens (including phenoxy) is 2. The zero-order chi connectivity index (χ0) is 15.7. The van der Waals surface area contributed by atoms with Crippen LogP contribution < -0.4 is 4.74 Å². The fourth-order valence-electron chi connectivity index (χ4n) is 1.94. The third-order valence-corrected chi connectivity index (χ3v) is 2.81. The van der Waals surface area contributed by atoms with E-state index in [9.17, 15) is 22.4 Å². The summed E-state index contributed by atoms with van der Waals surface area (Å²) in [7, 11) is 0. The zero-order valence-corrected chi connectivity index (χ0v) is 10.5. The maximum Gasteiger partial charge on any atom is 0.460 e. The first-order chi connectivity index (χ1) is 9.82. The van der Waals surface area contributed by atoms with Gasteiger partial charge in [-0.05, 0) is 12.1 Å². The number of carboxylic acids is 1. The van der Waals surface area contributed by atoms with E-state index in [1.54, 1.807) is 0 Å². The molecule has 1 heterocycles. The van der Waals surface area contributed by atoms with Crippen LogP contribution in [-0.2, 0) is 9.53 Å². The Kier molecular flexibility index (Phi) is 3.91. The lowest BCUT2D eigenvalue weighted by Crippen LogP contribution is -2.57. The molecule has 1 N–H and O–H groups in total. The van der Waals surface area contributed by atoms with Crippen molar-refractivity contribution >= 4 is 12.0 Å². The number of alkyl halides is 4. The van der Waals surface area contributed by atoms with Crippen LogP contribution in [0.5, 0.6) is 5.75 Å². The van der Waals surface area contributed by atoms with Crippen LogP contribution in [-0.4, -0.2) is 36.3 Å². The Morgan fingerprint density at radius 1 is 1.33 bits per heavy atom. The molecule has 1 aliphatic heterocycles. The number of carbonyl (C=O) groups is 1. The number of hydrogen-bond donors (Lipinski definition) is 1. The summed E-state index contributed by atoms with van der Waals surface area (Å²) in [5.41, 5.74) is -0.985. The summed E-state index contributed by atoms with van der Waals surface area (Å²) in [6, 6.07) is 5.58. The van der Waals surface area contributed by atoms with E-state index in [4.69, 9.17) is 9.84 Å². The molecule has 114 valence electrons. The molecule has 2 rings (SSSR count). The van der Waals surface area contributed by atoms with Crippen molar-refractivity contribution in [1.82, 2.24) is 0 Å². The molecule has 0 bridgehead atoms. The van der Waals surface area contributed by atoms with Crippen molar-refractivity contribution in [3.8, 4) is 5.75 Å². The van der Waals surface area contributed by atoms with Crippen LogP contribution >= 0.6 is 0 Å². The van der Waals surface area contributed by atoms with Gasteiger partial charge in [-0.2, -0.15) is 13.2 Å². The first kappa shape index (κ1) is 15.3. The van der Waals surface area contributed by atoms with Gasteiger partial charge in [0.15, 0.2) is 0 Å². The number of para-hydroxylation sites is 1. The fourth-order valence-corrected chi connectivity index (χ4v) is 1.94. The molecule has 0 amide bonds. The van der Waals surface area contributed by atoms with Crippen LogP contribution in [0.3, 0.4) is 0 Å². The molecule has 0 unspecified atom stereocenters. The first-order valence-corrected chi connectivity index (χ1v) is 5.82. The van der Waals surface area contributed by atoms with Crippen LogP contribution in [0.1, 0.15) is 5.56 Å². The Morgan fingerprint density at radius 3 is 2.57 bits per heavy atom. The van der Waals surface area contributed by atoms with E-state index in [-0.39, 0.29) is 11.3 Å². The van der Waals surface area contributed by atoms with Gasteiger partial charge in [0, 0.05) is 5.56 Å². The normalized spacial score (nSPS) is 21.2. The highest BCUT2D eigenvalue weighted by Gasteiger charge is 2.65. The van der Waals surface area contributed by atoms with Crippen LogP contribution in [0.15, 0.2) is 29.8 Å². The van der Waals surface area contributed by atoms with E-state index in [1.165, 1.54) is 24.3 Å². The van der Waals surface area contributed by atoms with Crippen LogP contribution in [0.2, 0.25) is 0 Å². The standard InChI is InChI=1S/C13H10F4O4/c14-5-6-20-12(13(15,16)17)9(11(18)19)7-8-3-1-2-4-10(8)21-12/h1-4,7H,5-6H2,(H,18,19)/t12-/m0/s1. The first-order valence-electron chi connectivity index (χ1n) is 5.82. The van der Waals surface area contributed by atoms with Gasteiger partial charge >= 0.3 is 17.9 Å². The van der Waals surface area contributed by atoms with Crippen LogP contribution in [0, 0.1) is 0 Å². The van der Waals surface area contributed by atoms with Crippen molar-refractivity contribution in [3.63, 3.8) is 0 Å². The summed E-state index contributed by atoms with van der Waals surface area (Å²) in [4.78, 5) is 11.2. The van der Waals surface area contributed by atoms with Crippen molar-refractivity contribution in [2.24, 2.45) is 0 Å². The number of rotatable bonds is 4. The van der Waals surface area contributed by atoms with Gasteiger partial charge in [-0.25, -0.2) is 9.18 Å². The molecule has 0 fully saturated rings. The van der Waals surface area contributed by atoms with Crippen LogP contribution in [0.25, 0.3) is 6.08 Å². The SMILES string of the molecule is O=C(O)C1=Cc2ccccc2O[C@]1(OCCF)C(F)(F)F. The second kappa shape index (κ2) is 5.36. The Balaban J connectivity index is 2.61. The molecule has 0 saturated heterocycles. The van der Waals surface area contributed by atoms with Gasteiger partial charge in [0.2, 0.25) is 0 Å².